The summed E-state index contributed by atoms with van der Waals surface area (Å²) in [6.07, 6.45) is 2.77. The molecule has 1 unspecified atom stereocenters. The monoisotopic (exact) mass is 317 g/mol. The lowest BCUT2D eigenvalue weighted by Crippen LogP contribution is -2.21. The van der Waals surface area contributed by atoms with E-state index in [1.54, 1.807) is 0 Å². The van der Waals surface area contributed by atoms with Gasteiger partial charge >= 0.3 is 5.97 Å². The first kappa shape index (κ1) is 16.7. The minimum Gasteiger partial charge on any atom is -0.408 e. The van der Waals surface area contributed by atoms with Gasteiger partial charge in [-0.25, -0.2) is 0 Å². The molecular weight excluding hydrogens is 294 g/mol. The lowest BCUT2D eigenvalue weighted by Gasteiger charge is -2.12. The topological polar surface area (TPSA) is 31.2 Å². The maximum atomic E-state index is 12.0. The minimum atomic E-state index is -0.363. The molecule has 0 spiro atoms. The molecule has 1 atom stereocenters. The van der Waals surface area contributed by atoms with Gasteiger partial charge in [0.1, 0.15) is 0 Å². The Kier molecular flexibility index (Phi) is 5.72. The largest absolute Gasteiger partial charge is 0.408 e. The van der Waals surface area contributed by atoms with Gasteiger partial charge in [-0.1, -0.05) is 49.6 Å². The number of ether oxygens (including phenoxy) is 1. The van der Waals surface area contributed by atoms with Crippen LogP contribution in [0.2, 0.25) is 0 Å². The van der Waals surface area contributed by atoms with E-state index in [9.17, 15) is 4.79 Å². The standard InChI is InChI=1S/C18H23NO2S/c1-4-5-6-16(22)18(20)21-17-12-11-15(19(17)3)14-9-7-13(2)8-10-14/h7-12,16,22H,4-6H2,1-3H3. The van der Waals surface area contributed by atoms with Crippen molar-refractivity contribution in [3.8, 4) is 17.1 Å². The zero-order chi connectivity index (χ0) is 16.1. The Hall–Kier alpha value is -1.68. The van der Waals surface area contributed by atoms with Gasteiger partial charge in [0.25, 0.3) is 0 Å². The van der Waals surface area contributed by atoms with Gasteiger partial charge in [0.05, 0.1) is 10.9 Å². The Bertz CT molecular complexity index is 631. The molecule has 2 rings (SSSR count). The van der Waals surface area contributed by atoms with E-state index < -0.39 is 0 Å². The fraction of sp³-hybridized carbons (Fsp3) is 0.389. The van der Waals surface area contributed by atoms with Gasteiger partial charge in [0.15, 0.2) is 0 Å². The van der Waals surface area contributed by atoms with Crippen LogP contribution < -0.4 is 4.74 Å². The van der Waals surface area contributed by atoms with Gasteiger partial charge < -0.3 is 9.30 Å². The number of carbonyl (C=O) groups excluding carboxylic acids is 1. The van der Waals surface area contributed by atoms with Crippen LogP contribution in [0, 0.1) is 6.92 Å². The highest BCUT2D eigenvalue weighted by Crippen LogP contribution is 2.26. The Labute approximate surface area is 137 Å². The molecule has 22 heavy (non-hydrogen) atoms. The van der Waals surface area contributed by atoms with E-state index in [4.69, 9.17) is 4.74 Å². The predicted molar refractivity (Wildman–Crippen MR) is 93.5 cm³/mol. The summed E-state index contributed by atoms with van der Waals surface area (Å²) in [5, 5.41) is -0.363. The molecule has 0 amide bonds. The average molecular weight is 317 g/mol. The smallest absolute Gasteiger partial charge is 0.325 e. The number of thiol groups is 1. The summed E-state index contributed by atoms with van der Waals surface area (Å²) in [7, 11) is 1.90. The van der Waals surface area contributed by atoms with E-state index in [1.807, 2.05) is 23.7 Å². The summed E-state index contributed by atoms with van der Waals surface area (Å²) in [6.45, 7) is 4.15. The van der Waals surface area contributed by atoms with Crippen molar-refractivity contribution >= 4 is 18.6 Å². The van der Waals surface area contributed by atoms with Gasteiger partial charge in [-0.05, 0) is 25.0 Å². The lowest BCUT2D eigenvalue weighted by molar-refractivity contribution is -0.134. The third kappa shape index (κ3) is 3.95. The quantitative estimate of drug-likeness (QED) is 0.632. The molecule has 0 fully saturated rings. The van der Waals surface area contributed by atoms with Crippen LogP contribution in [0.4, 0.5) is 0 Å². The summed E-state index contributed by atoms with van der Waals surface area (Å²) in [5.41, 5.74) is 3.34. The molecule has 0 aliphatic rings. The fourth-order valence-electron chi connectivity index (χ4n) is 2.30. The molecule has 0 aliphatic heterocycles. The molecule has 0 saturated heterocycles. The van der Waals surface area contributed by atoms with E-state index in [-0.39, 0.29) is 11.2 Å². The van der Waals surface area contributed by atoms with Crippen molar-refractivity contribution in [2.24, 2.45) is 7.05 Å². The number of hydrogen-bond acceptors (Lipinski definition) is 3. The van der Waals surface area contributed by atoms with Crippen LogP contribution >= 0.6 is 12.6 Å². The Morgan fingerprint density at radius 2 is 1.91 bits per heavy atom. The second kappa shape index (κ2) is 7.54. The van der Waals surface area contributed by atoms with Crippen molar-refractivity contribution in [1.82, 2.24) is 4.57 Å². The first-order chi connectivity index (χ1) is 10.5. The van der Waals surface area contributed by atoms with Gasteiger partial charge in [-0.3, -0.25) is 4.79 Å². The SMILES string of the molecule is CCCCC(S)C(=O)Oc1ccc(-c2ccc(C)cc2)n1C. The van der Waals surface area contributed by atoms with Crippen LogP contribution in [-0.4, -0.2) is 15.8 Å². The lowest BCUT2D eigenvalue weighted by atomic mass is 10.1. The van der Waals surface area contributed by atoms with E-state index in [1.165, 1.54) is 5.56 Å². The first-order valence-electron chi connectivity index (χ1n) is 7.65. The highest BCUT2D eigenvalue weighted by Gasteiger charge is 2.18. The van der Waals surface area contributed by atoms with Crippen LogP contribution in [0.5, 0.6) is 5.88 Å². The molecule has 2 aromatic rings. The van der Waals surface area contributed by atoms with E-state index in [2.05, 4.69) is 50.7 Å². The number of rotatable bonds is 6. The number of carbonyl (C=O) groups is 1. The maximum absolute atomic E-state index is 12.0. The van der Waals surface area contributed by atoms with E-state index >= 15 is 0 Å². The van der Waals surface area contributed by atoms with Gasteiger partial charge in [-0.2, -0.15) is 12.6 Å². The predicted octanol–water partition coefficient (Wildman–Crippen LogP) is 4.39. The highest BCUT2D eigenvalue weighted by molar-refractivity contribution is 7.81. The molecule has 1 aromatic heterocycles. The summed E-state index contributed by atoms with van der Waals surface area (Å²) >= 11 is 4.33. The summed E-state index contributed by atoms with van der Waals surface area (Å²) in [5.74, 6) is 0.268. The Balaban J connectivity index is 2.11. The van der Waals surface area contributed by atoms with E-state index in [0.29, 0.717) is 5.88 Å². The molecule has 0 saturated carbocycles. The van der Waals surface area contributed by atoms with Crippen molar-refractivity contribution in [1.29, 1.82) is 0 Å². The van der Waals surface area contributed by atoms with Crippen LogP contribution in [-0.2, 0) is 11.8 Å². The third-order valence-electron chi connectivity index (χ3n) is 3.73. The molecule has 118 valence electrons. The second-order valence-corrected chi connectivity index (χ2v) is 6.18. The fourth-order valence-corrected chi connectivity index (χ4v) is 2.53. The molecule has 0 radical (unpaired) electrons. The molecule has 3 nitrogen and oxygen atoms in total. The molecule has 1 heterocycles. The third-order valence-corrected chi connectivity index (χ3v) is 4.20. The number of aryl methyl sites for hydroxylation is 1. The first-order valence-corrected chi connectivity index (χ1v) is 8.17. The van der Waals surface area contributed by atoms with Crippen LogP contribution in [0.3, 0.4) is 0 Å². The number of hydrogen-bond donors (Lipinski definition) is 1. The van der Waals surface area contributed by atoms with Gasteiger partial charge in [-0.15, -0.1) is 0 Å². The highest BCUT2D eigenvalue weighted by atomic mass is 32.1. The van der Waals surface area contributed by atoms with Crippen molar-refractivity contribution < 1.29 is 9.53 Å². The number of nitrogens with zero attached hydrogens (tertiary/aromatic N) is 1. The van der Waals surface area contributed by atoms with Gasteiger partial charge in [0, 0.05) is 13.1 Å². The normalized spacial score (nSPS) is 12.2. The zero-order valence-electron chi connectivity index (χ0n) is 13.4. The Morgan fingerprint density at radius 3 is 2.55 bits per heavy atom. The van der Waals surface area contributed by atoms with Crippen molar-refractivity contribution in [2.45, 2.75) is 38.4 Å². The van der Waals surface area contributed by atoms with Crippen LogP contribution in [0.1, 0.15) is 31.7 Å². The minimum absolute atomic E-state index is 0.284. The van der Waals surface area contributed by atoms with Crippen molar-refractivity contribution in [3.63, 3.8) is 0 Å². The molecular formula is C18H23NO2S. The van der Waals surface area contributed by atoms with Crippen molar-refractivity contribution in [3.05, 3.63) is 42.0 Å². The summed E-state index contributed by atoms with van der Waals surface area (Å²) in [4.78, 5) is 12.0. The van der Waals surface area contributed by atoms with Crippen molar-refractivity contribution in [2.75, 3.05) is 0 Å². The number of aromatic nitrogens is 1. The molecule has 0 bridgehead atoms. The van der Waals surface area contributed by atoms with Crippen LogP contribution in [0.25, 0.3) is 11.3 Å². The van der Waals surface area contributed by atoms with E-state index in [0.717, 1.165) is 30.5 Å². The molecule has 4 heteroatoms. The summed E-state index contributed by atoms with van der Waals surface area (Å²) < 4.78 is 7.37. The van der Waals surface area contributed by atoms with Gasteiger partial charge in [0.2, 0.25) is 5.88 Å². The maximum Gasteiger partial charge on any atom is 0.325 e. The number of esters is 1. The molecule has 1 aromatic carbocycles. The molecule has 0 aliphatic carbocycles. The second-order valence-electron chi connectivity index (χ2n) is 5.56. The molecule has 0 N–H and O–H groups in total. The number of benzene rings is 1. The summed E-state index contributed by atoms with van der Waals surface area (Å²) in [6, 6.07) is 12.1. The van der Waals surface area contributed by atoms with Crippen LogP contribution in [0.15, 0.2) is 36.4 Å². The average Bonchev–Trinajstić information content (AvgIpc) is 2.86. The number of unbranched alkanes of at least 4 members (excludes halogenated alkanes) is 1. The Morgan fingerprint density at radius 1 is 1.23 bits per heavy atom. The zero-order valence-corrected chi connectivity index (χ0v) is 14.3.